The average Bonchev–Trinajstić information content (AvgIpc) is 4.12. The minimum absolute atomic E-state index is 0.0196. The molecule has 11 N–H and O–H groups in total. The summed E-state index contributed by atoms with van der Waals surface area (Å²) < 4.78 is 0. The molecule has 0 bridgehead atoms. The number of aliphatic hydroxyl groups is 2. The highest BCUT2D eigenvalue weighted by atomic mass is 16.3. The van der Waals surface area contributed by atoms with Crippen molar-refractivity contribution in [2.75, 3.05) is 33.3 Å². The maximum absolute atomic E-state index is 14.1. The van der Waals surface area contributed by atoms with E-state index in [9.17, 15) is 57.8 Å². The van der Waals surface area contributed by atoms with Gasteiger partial charge >= 0.3 is 0 Å². The zero-order chi connectivity index (χ0) is 63.7. The molecule has 1 aliphatic rings. The third-order valence-corrected chi connectivity index (χ3v) is 15.0. The van der Waals surface area contributed by atoms with Gasteiger partial charge in [0.25, 0.3) is 0 Å². The molecule has 0 aromatic rings. The van der Waals surface area contributed by atoms with Crippen LogP contribution in [0.5, 0.6) is 0 Å². The summed E-state index contributed by atoms with van der Waals surface area (Å²) >= 11 is 0. The largest absolute Gasteiger partial charge is 0.395 e. The van der Waals surface area contributed by atoms with Gasteiger partial charge in [-0.3, -0.25) is 52.7 Å². The lowest BCUT2D eigenvalue weighted by Gasteiger charge is -2.34. The molecule has 0 aromatic carbocycles. The topological polar surface area (TPSA) is 343 Å². The Morgan fingerprint density at radius 3 is 1.67 bits per heavy atom. The van der Waals surface area contributed by atoms with Crippen LogP contribution >= 0.6 is 0 Å². The number of aliphatic hydroxyl groups excluding tert-OH is 2. The molecule has 0 aromatic heterocycles. The number of amides is 10. The number of hydrogen-bond donors (Lipinski definition) is 11. The number of likely N-dealkylation sites (N-methyl/N-ethyl adjacent to an activating group) is 1. The zero-order valence-corrected chi connectivity index (χ0v) is 53.2. The molecule has 24 heteroatoms. The van der Waals surface area contributed by atoms with Crippen molar-refractivity contribution in [3.05, 3.63) is 0 Å². The number of carbonyl (C=O) groups excluding carboxylic acids is 11. The summed E-state index contributed by atoms with van der Waals surface area (Å²) in [6.07, 6.45) is 7.55. The van der Waals surface area contributed by atoms with Crippen LogP contribution in [0.15, 0.2) is 0 Å². The lowest BCUT2D eigenvalue weighted by atomic mass is 9.92. The maximum Gasteiger partial charge on any atom is 0.246 e. The molecule has 10 atom stereocenters. The standard InChI is InChI=1S/C59H107N11O13/c1-18-20-21-22-23-24-26-37(6)53(80)70-28-25-27-45(70)51(78)64-44(32-36(5)31-43(73)33-42(72)19-2)50(77)61-40(9)48(75)67-59(15,16)56(83)68-58(13,14)55(82)65-46(35(3)4)52(79)62-41(10)49(76)66-57(11,12)54(81)63-39(8)47(74)60-38(7)34-69(17)29-30-71/h35-41,43-46,71,73H,18-34H2,1-17H3,(H,60,74)(H,61,77)(H,62,79)(H,63,81)(H,64,78)(H,65,82)(H,66,76)(H,67,75)(H,68,83)/t36-,37-,38+,39+,40+,41+,43+,44+,45+,46+/m1/s1. The van der Waals surface area contributed by atoms with Gasteiger partial charge in [0.1, 0.15) is 58.7 Å². The minimum Gasteiger partial charge on any atom is -0.395 e. The summed E-state index contributed by atoms with van der Waals surface area (Å²) in [7, 11) is 1.79. The quantitative estimate of drug-likeness (QED) is 0.0393. The van der Waals surface area contributed by atoms with Gasteiger partial charge in [0, 0.05) is 44.4 Å². The Hall–Kier alpha value is -5.75. The van der Waals surface area contributed by atoms with Crippen LogP contribution in [-0.4, -0.2) is 183 Å². The van der Waals surface area contributed by atoms with Crippen LogP contribution in [0.3, 0.4) is 0 Å². The van der Waals surface area contributed by atoms with Crippen molar-refractivity contribution >= 4 is 64.9 Å². The number of unbranched alkanes of at least 4 members (excludes halogenated alkanes) is 5. The summed E-state index contributed by atoms with van der Waals surface area (Å²) in [5.74, 6) is -7.74. The van der Waals surface area contributed by atoms with Gasteiger partial charge in [-0.05, 0) is 120 Å². The number of carbonyl (C=O) groups is 11. The zero-order valence-electron chi connectivity index (χ0n) is 53.2. The van der Waals surface area contributed by atoms with Crippen molar-refractivity contribution in [2.45, 2.75) is 259 Å². The molecule has 24 nitrogen and oxygen atoms in total. The summed E-state index contributed by atoms with van der Waals surface area (Å²) in [5, 5.41) is 43.7. The Morgan fingerprint density at radius 2 is 1.12 bits per heavy atom. The van der Waals surface area contributed by atoms with Crippen LogP contribution in [0, 0.1) is 17.8 Å². The van der Waals surface area contributed by atoms with E-state index in [1.54, 1.807) is 46.6 Å². The molecule has 0 spiro atoms. The molecule has 0 aliphatic carbocycles. The Kier molecular flexibility index (Phi) is 32.2. The minimum atomic E-state index is -1.70. The molecular formula is C59H107N11O13. The van der Waals surface area contributed by atoms with Crippen molar-refractivity contribution in [2.24, 2.45) is 17.8 Å². The van der Waals surface area contributed by atoms with Crippen molar-refractivity contribution in [1.29, 1.82) is 0 Å². The molecule has 83 heavy (non-hydrogen) atoms. The molecule has 1 fully saturated rings. The molecule has 1 heterocycles. The van der Waals surface area contributed by atoms with E-state index in [1.807, 2.05) is 11.8 Å². The number of Topliss-reactive ketones (excluding diaryl/α,β-unsaturated/α-hetero) is 1. The number of ketones is 1. The first-order chi connectivity index (χ1) is 38.4. The molecule has 10 amide bonds. The molecule has 0 saturated carbocycles. The number of nitrogens with zero attached hydrogens (tertiary/aromatic N) is 2. The van der Waals surface area contributed by atoms with Gasteiger partial charge < -0.3 is 67.9 Å². The van der Waals surface area contributed by atoms with Crippen LogP contribution in [0.2, 0.25) is 0 Å². The summed E-state index contributed by atoms with van der Waals surface area (Å²) in [6, 6.07) is -7.00. The van der Waals surface area contributed by atoms with Gasteiger partial charge in [-0.15, -0.1) is 0 Å². The van der Waals surface area contributed by atoms with Crippen LogP contribution in [0.4, 0.5) is 0 Å². The second-order valence-electron chi connectivity index (χ2n) is 25.1. The van der Waals surface area contributed by atoms with Crippen molar-refractivity contribution < 1.29 is 63.0 Å². The van der Waals surface area contributed by atoms with E-state index in [2.05, 4.69) is 54.8 Å². The predicted molar refractivity (Wildman–Crippen MR) is 317 cm³/mol. The fraction of sp³-hybridized carbons (Fsp3) is 0.814. The van der Waals surface area contributed by atoms with Crippen molar-refractivity contribution in [3.63, 3.8) is 0 Å². The fourth-order valence-electron chi connectivity index (χ4n) is 9.53. The second-order valence-corrected chi connectivity index (χ2v) is 25.1. The van der Waals surface area contributed by atoms with E-state index in [4.69, 9.17) is 5.11 Å². The Labute approximate surface area is 494 Å². The second kappa shape index (κ2) is 35.5. The maximum atomic E-state index is 14.1. The van der Waals surface area contributed by atoms with Gasteiger partial charge in [-0.2, -0.15) is 0 Å². The third kappa shape index (κ3) is 26.4. The van der Waals surface area contributed by atoms with Crippen LogP contribution in [0.25, 0.3) is 0 Å². The Balaban J connectivity index is 3.08. The molecule has 1 rings (SSSR count). The van der Waals surface area contributed by atoms with Gasteiger partial charge in [0.2, 0.25) is 59.1 Å². The van der Waals surface area contributed by atoms with E-state index in [0.717, 1.165) is 32.1 Å². The highest BCUT2D eigenvalue weighted by molar-refractivity contribution is 6.00. The molecule has 0 unspecified atom stereocenters. The molecule has 1 saturated heterocycles. The lowest BCUT2D eigenvalue weighted by molar-refractivity contribution is -0.142. The summed E-state index contributed by atoms with van der Waals surface area (Å²) in [4.78, 5) is 152. The normalized spacial score (nSPS) is 17.1. The van der Waals surface area contributed by atoms with Crippen LogP contribution < -0.4 is 47.9 Å². The Bertz CT molecular complexity index is 2190. The van der Waals surface area contributed by atoms with E-state index in [1.165, 1.54) is 68.7 Å². The average molecular weight is 1180 g/mol. The highest BCUT2D eigenvalue weighted by Gasteiger charge is 2.42. The number of rotatable bonds is 38. The predicted octanol–water partition coefficient (Wildman–Crippen LogP) is 1.76. The first-order valence-electron chi connectivity index (χ1n) is 30.0. The SMILES string of the molecule is CCCCCCCC[C@@H](C)C(=O)N1CCC[C@H]1C(=O)N[C@@H](C[C@H](C)C[C@H](O)CC(=O)CC)C(=O)N[C@@H](C)C(=O)NC(C)(C)C(=O)NC(C)(C)C(=O)N[C@H](C(=O)N[C@@H](C)C(=O)NC(C)(C)C(=O)N[C@@H](C)C(=O)N[C@@H](C)CN(C)CCO)C(C)C. The smallest absolute Gasteiger partial charge is 0.246 e. The van der Waals surface area contributed by atoms with Crippen LogP contribution in [-0.2, 0) is 52.7 Å². The van der Waals surface area contributed by atoms with Gasteiger partial charge in [0.05, 0.1) is 12.7 Å². The number of likely N-dealkylation sites (tertiary alicyclic amines) is 1. The van der Waals surface area contributed by atoms with Gasteiger partial charge in [-0.1, -0.05) is 80.1 Å². The lowest BCUT2D eigenvalue weighted by Crippen LogP contribution is -2.66. The van der Waals surface area contributed by atoms with E-state index in [0.29, 0.717) is 38.9 Å². The van der Waals surface area contributed by atoms with Gasteiger partial charge in [-0.25, -0.2) is 0 Å². The van der Waals surface area contributed by atoms with Gasteiger partial charge in [0.15, 0.2) is 0 Å². The summed E-state index contributed by atoms with van der Waals surface area (Å²) in [6.45, 7) is 26.5. The first kappa shape index (κ1) is 75.3. The monoisotopic (exact) mass is 1180 g/mol. The van der Waals surface area contributed by atoms with E-state index < -0.39 is 118 Å². The van der Waals surface area contributed by atoms with Crippen molar-refractivity contribution in [1.82, 2.24) is 57.7 Å². The Morgan fingerprint density at radius 1 is 0.602 bits per heavy atom. The molecule has 0 radical (unpaired) electrons. The van der Waals surface area contributed by atoms with Crippen LogP contribution in [0.1, 0.15) is 194 Å². The molecular weight excluding hydrogens is 1070 g/mol. The third-order valence-electron chi connectivity index (χ3n) is 15.0. The fourth-order valence-corrected chi connectivity index (χ4v) is 9.53. The van der Waals surface area contributed by atoms with E-state index >= 15 is 0 Å². The van der Waals surface area contributed by atoms with Crippen molar-refractivity contribution in [3.8, 4) is 0 Å². The molecule has 476 valence electrons. The highest BCUT2D eigenvalue weighted by Crippen LogP contribution is 2.24. The number of nitrogens with one attached hydrogen (secondary N) is 9. The first-order valence-corrected chi connectivity index (χ1v) is 30.0. The van der Waals surface area contributed by atoms with E-state index in [-0.39, 0.29) is 61.9 Å². The molecule has 1 aliphatic heterocycles. The summed E-state index contributed by atoms with van der Waals surface area (Å²) in [5.41, 5.74) is -4.93. The number of hydrogen-bond acceptors (Lipinski definition) is 14.